The lowest BCUT2D eigenvalue weighted by Gasteiger charge is -2.14. The van der Waals surface area contributed by atoms with Crippen LogP contribution in [0.25, 0.3) is 0 Å². The second-order valence-electron chi connectivity index (χ2n) is 5.64. The summed E-state index contributed by atoms with van der Waals surface area (Å²) in [7, 11) is 3.05. The number of furan rings is 1. The maximum absolute atomic E-state index is 12.9. The predicted octanol–water partition coefficient (Wildman–Crippen LogP) is 4.41. The number of halogens is 1. The lowest BCUT2D eigenvalue weighted by atomic mass is 10.1. The molecule has 3 aromatic rings. The van der Waals surface area contributed by atoms with Crippen LogP contribution in [-0.4, -0.2) is 26.0 Å². The van der Waals surface area contributed by atoms with Gasteiger partial charge >= 0.3 is 0 Å². The minimum atomic E-state index is -0.445. The zero-order valence-electron chi connectivity index (χ0n) is 15.1. The summed E-state index contributed by atoms with van der Waals surface area (Å²) in [5, 5.41) is 5.51. The molecule has 0 saturated heterocycles. The molecular weight excluding hydrogens is 475 g/mol. The van der Waals surface area contributed by atoms with E-state index >= 15 is 0 Å². The lowest BCUT2D eigenvalue weighted by molar-refractivity contribution is 0.0996. The van der Waals surface area contributed by atoms with E-state index in [0.717, 1.165) is 3.57 Å². The summed E-state index contributed by atoms with van der Waals surface area (Å²) in [4.78, 5) is 25.2. The molecule has 1 aromatic heterocycles. The van der Waals surface area contributed by atoms with Crippen molar-refractivity contribution in [2.45, 2.75) is 0 Å². The standard InChI is InChI=1S/C20H17IN2O5/c1-26-13-6-8-17(27-2)16(11-13)23-19(24)14-10-12(21)5-7-15(14)22-20(25)18-4-3-9-28-18/h3-11H,1-2H3,(H,22,25)(H,23,24). The summed E-state index contributed by atoms with van der Waals surface area (Å²) in [5.41, 5.74) is 1.12. The number of amides is 2. The Morgan fingerprint density at radius 3 is 2.39 bits per heavy atom. The third-order valence-corrected chi connectivity index (χ3v) is 4.55. The molecule has 0 aliphatic carbocycles. The number of hydrogen-bond donors (Lipinski definition) is 2. The molecule has 144 valence electrons. The Morgan fingerprint density at radius 2 is 1.71 bits per heavy atom. The van der Waals surface area contributed by atoms with Gasteiger partial charge in [-0.05, 0) is 65.1 Å². The Bertz CT molecular complexity index is 1000. The highest BCUT2D eigenvalue weighted by atomic mass is 127. The fourth-order valence-electron chi connectivity index (χ4n) is 2.51. The van der Waals surface area contributed by atoms with Gasteiger partial charge in [-0.15, -0.1) is 0 Å². The highest BCUT2D eigenvalue weighted by Crippen LogP contribution is 2.30. The number of rotatable bonds is 6. The molecule has 1 heterocycles. The van der Waals surface area contributed by atoms with E-state index in [-0.39, 0.29) is 5.76 Å². The normalized spacial score (nSPS) is 10.2. The molecule has 0 spiro atoms. The van der Waals surface area contributed by atoms with Crippen molar-refractivity contribution in [1.82, 2.24) is 0 Å². The Labute approximate surface area is 175 Å². The monoisotopic (exact) mass is 492 g/mol. The molecule has 8 heteroatoms. The molecule has 0 unspecified atom stereocenters. The molecule has 7 nitrogen and oxygen atoms in total. The van der Waals surface area contributed by atoms with E-state index in [1.54, 1.807) is 48.5 Å². The Balaban J connectivity index is 1.89. The van der Waals surface area contributed by atoms with Crippen molar-refractivity contribution in [2.75, 3.05) is 24.9 Å². The summed E-state index contributed by atoms with van der Waals surface area (Å²) in [6.07, 6.45) is 1.41. The zero-order chi connectivity index (χ0) is 20.1. The van der Waals surface area contributed by atoms with E-state index in [1.165, 1.54) is 20.5 Å². The van der Waals surface area contributed by atoms with Crippen LogP contribution in [0.4, 0.5) is 11.4 Å². The number of carbonyl (C=O) groups excluding carboxylic acids is 2. The van der Waals surface area contributed by atoms with Crippen molar-refractivity contribution in [1.29, 1.82) is 0 Å². The Kier molecular flexibility index (Phi) is 6.19. The van der Waals surface area contributed by atoms with Gasteiger partial charge < -0.3 is 24.5 Å². The summed E-state index contributed by atoms with van der Waals surface area (Å²) in [6, 6.07) is 13.4. The first-order valence-corrected chi connectivity index (χ1v) is 9.27. The van der Waals surface area contributed by atoms with Crippen molar-refractivity contribution in [2.24, 2.45) is 0 Å². The van der Waals surface area contributed by atoms with Crippen LogP contribution in [0.2, 0.25) is 0 Å². The molecule has 0 atom stereocenters. The van der Waals surface area contributed by atoms with Crippen LogP contribution in [0, 0.1) is 3.57 Å². The van der Waals surface area contributed by atoms with Crippen LogP contribution in [0.3, 0.4) is 0 Å². The number of benzene rings is 2. The maximum Gasteiger partial charge on any atom is 0.291 e. The number of anilines is 2. The zero-order valence-corrected chi connectivity index (χ0v) is 17.3. The number of ether oxygens (including phenoxy) is 2. The first-order chi connectivity index (χ1) is 13.5. The van der Waals surface area contributed by atoms with Gasteiger partial charge in [-0.2, -0.15) is 0 Å². The largest absolute Gasteiger partial charge is 0.497 e. The van der Waals surface area contributed by atoms with Crippen LogP contribution >= 0.6 is 22.6 Å². The van der Waals surface area contributed by atoms with Crippen LogP contribution < -0.4 is 20.1 Å². The number of nitrogens with one attached hydrogen (secondary N) is 2. The Hall–Kier alpha value is -3.01. The van der Waals surface area contributed by atoms with Gasteiger partial charge in [-0.25, -0.2) is 0 Å². The molecular formula is C20H17IN2O5. The van der Waals surface area contributed by atoms with Gasteiger partial charge in [0.25, 0.3) is 11.8 Å². The summed E-state index contributed by atoms with van der Waals surface area (Å²) in [5.74, 6) is 0.365. The summed E-state index contributed by atoms with van der Waals surface area (Å²) < 4.78 is 16.4. The molecule has 2 aromatic carbocycles. The molecule has 0 aliphatic heterocycles. The lowest BCUT2D eigenvalue weighted by Crippen LogP contribution is -2.18. The topological polar surface area (TPSA) is 89.8 Å². The van der Waals surface area contributed by atoms with Crippen LogP contribution in [-0.2, 0) is 0 Å². The molecule has 0 saturated carbocycles. The second-order valence-corrected chi connectivity index (χ2v) is 6.89. The first-order valence-electron chi connectivity index (χ1n) is 8.19. The fraction of sp³-hybridized carbons (Fsp3) is 0.100. The highest BCUT2D eigenvalue weighted by molar-refractivity contribution is 14.1. The van der Waals surface area contributed by atoms with Gasteiger partial charge in [-0.3, -0.25) is 9.59 Å². The third-order valence-electron chi connectivity index (χ3n) is 3.87. The van der Waals surface area contributed by atoms with Crippen LogP contribution in [0.15, 0.2) is 59.2 Å². The number of carbonyl (C=O) groups is 2. The van der Waals surface area contributed by atoms with Gasteiger partial charge in [-0.1, -0.05) is 0 Å². The Morgan fingerprint density at radius 1 is 0.929 bits per heavy atom. The molecule has 0 bridgehead atoms. The quantitative estimate of drug-likeness (QED) is 0.498. The average molecular weight is 492 g/mol. The molecule has 3 rings (SSSR count). The van der Waals surface area contributed by atoms with Crippen molar-refractivity contribution >= 4 is 45.8 Å². The van der Waals surface area contributed by atoms with Crippen molar-refractivity contribution in [3.63, 3.8) is 0 Å². The van der Waals surface area contributed by atoms with E-state index in [0.29, 0.717) is 28.4 Å². The third kappa shape index (κ3) is 4.45. The highest BCUT2D eigenvalue weighted by Gasteiger charge is 2.18. The van der Waals surface area contributed by atoms with E-state index in [4.69, 9.17) is 13.9 Å². The van der Waals surface area contributed by atoms with Crippen molar-refractivity contribution in [3.05, 3.63) is 69.7 Å². The average Bonchev–Trinajstić information content (AvgIpc) is 3.24. The first kappa shape index (κ1) is 19.7. The van der Waals surface area contributed by atoms with E-state index in [2.05, 4.69) is 33.2 Å². The molecule has 2 amide bonds. The summed E-state index contributed by atoms with van der Waals surface area (Å²) in [6.45, 7) is 0. The number of methoxy groups -OCH3 is 2. The van der Waals surface area contributed by atoms with Gasteiger partial charge in [0.2, 0.25) is 0 Å². The van der Waals surface area contributed by atoms with Crippen LogP contribution in [0.5, 0.6) is 11.5 Å². The molecule has 2 N–H and O–H groups in total. The molecule has 0 aliphatic rings. The SMILES string of the molecule is COc1ccc(OC)c(NC(=O)c2cc(I)ccc2NC(=O)c2ccco2)c1. The van der Waals surface area contributed by atoms with Gasteiger partial charge in [0, 0.05) is 9.64 Å². The molecule has 0 fully saturated rings. The second kappa shape index (κ2) is 8.79. The maximum atomic E-state index is 12.9. The smallest absolute Gasteiger partial charge is 0.291 e. The van der Waals surface area contributed by atoms with Crippen LogP contribution in [0.1, 0.15) is 20.9 Å². The fourth-order valence-corrected chi connectivity index (χ4v) is 3.00. The van der Waals surface area contributed by atoms with Crippen molar-refractivity contribution < 1.29 is 23.5 Å². The summed E-state index contributed by atoms with van der Waals surface area (Å²) >= 11 is 2.10. The molecule has 28 heavy (non-hydrogen) atoms. The van der Waals surface area contributed by atoms with E-state index in [9.17, 15) is 9.59 Å². The number of hydrogen-bond acceptors (Lipinski definition) is 5. The van der Waals surface area contributed by atoms with Gasteiger partial charge in [0.05, 0.1) is 37.4 Å². The van der Waals surface area contributed by atoms with Gasteiger partial charge in [0.15, 0.2) is 5.76 Å². The van der Waals surface area contributed by atoms with Gasteiger partial charge in [0.1, 0.15) is 11.5 Å². The minimum absolute atomic E-state index is 0.152. The van der Waals surface area contributed by atoms with E-state index in [1.807, 2.05) is 0 Å². The molecule has 0 radical (unpaired) electrons. The predicted molar refractivity (Wildman–Crippen MR) is 113 cm³/mol. The minimum Gasteiger partial charge on any atom is -0.497 e. The van der Waals surface area contributed by atoms with Crippen molar-refractivity contribution in [3.8, 4) is 11.5 Å². The van der Waals surface area contributed by atoms with E-state index < -0.39 is 11.8 Å².